The molecule has 0 saturated carbocycles. The van der Waals surface area contributed by atoms with Crippen LogP contribution in [0.5, 0.6) is 0 Å². The van der Waals surface area contributed by atoms with Gasteiger partial charge in [-0.05, 0) is 37.8 Å². The molecule has 2 fully saturated rings. The van der Waals surface area contributed by atoms with Crippen molar-refractivity contribution in [2.45, 2.75) is 31.2 Å². The second kappa shape index (κ2) is 8.65. The van der Waals surface area contributed by atoms with Gasteiger partial charge in [-0.3, -0.25) is 9.59 Å². The highest BCUT2D eigenvalue weighted by atomic mass is 35.5. The molecule has 2 aliphatic rings. The summed E-state index contributed by atoms with van der Waals surface area (Å²) in [5, 5.41) is 2.93. The zero-order valence-corrected chi connectivity index (χ0v) is 15.1. The smallest absolute Gasteiger partial charge is 0.242 e. The second-order valence-corrected chi connectivity index (χ2v) is 6.71. The van der Waals surface area contributed by atoms with Gasteiger partial charge in [0.2, 0.25) is 11.8 Å². The van der Waals surface area contributed by atoms with Gasteiger partial charge >= 0.3 is 0 Å². The Morgan fingerprint density at radius 3 is 2.56 bits per heavy atom. The van der Waals surface area contributed by atoms with E-state index in [1.807, 2.05) is 30.3 Å². The van der Waals surface area contributed by atoms with Gasteiger partial charge in [-0.1, -0.05) is 18.2 Å². The van der Waals surface area contributed by atoms with Crippen LogP contribution in [0.3, 0.4) is 0 Å². The number of nitrogens with zero attached hydrogens (tertiary/aromatic N) is 1. The molecule has 2 aliphatic heterocycles. The topological polar surface area (TPSA) is 84.7 Å². The number of anilines is 1. The number of likely N-dealkylation sites (tertiary alicyclic amines) is 1. The van der Waals surface area contributed by atoms with Crippen molar-refractivity contribution < 1.29 is 14.3 Å². The monoisotopic (exact) mass is 367 g/mol. The molecular weight excluding hydrogens is 342 g/mol. The minimum atomic E-state index is -0.837. The molecule has 6 nitrogen and oxygen atoms in total. The molecule has 0 aromatic heterocycles. The van der Waals surface area contributed by atoms with Crippen molar-refractivity contribution in [2.24, 2.45) is 11.7 Å². The van der Waals surface area contributed by atoms with Gasteiger partial charge in [-0.15, -0.1) is 12.4 Å². The van der Waals surface area contributed by atoms with Crippen LogP contribution >= 0.6 is 12.4 Å². The Balaban J connectivity index is 0.00000225. The van der Waals surface area contributed by atoms with Crippen LogP contribution in [0.1, 0.15) is 25.7 Å². The predicted molar refractivity (Wildman–Crippen MR) is 98.6 cm³/mol. The summed E-state index contributed by atoms with van der Waals surface area (Å²) in [4.78, 5) is 27.1. The van der Waals surface area contributed by atoms with E-state index in [0.29, 0.717) is 39.1 Å². The molecule has 138 valence electrons. The number of piperidine rings is 1. The predicted octanol–water partition coefficient (Wildman–Crippen LogP) is 1.79. The van der Waals surface area contributed by atoms with Gasteiger partial charge in [0.15, 0.2) is 0 Å². The molecule has 1 unspecified atom stereocenters. The van der Waals surface area contributed by atoms with E-state index in [1.54, 1.807) is 4.90 Å². The molecular formula is C18H26ClN3O3. The summed E-state index contributed by atoms with van der Waals surface area (Å²) in [5.41, 5.74) is 6.25. The first-order valence-corrected chi connectivity index (χ1v) is 8.60. The highest BCUT2D eigenvalue weighted by Gasteiger charge is 2.41. The SMILES string of the molecule is Cl.NC1(C(=O)N2CCCC(C(=O)Nc3ccccc3)C2)CCOCC1. The van der Waals surface area contributed by atoms with Gasteiger partial charge in [0.1, 0.15) is 0 Å². The van der Waals surface area contributed by atoms with E-state index in [9.17, 15) is 9.59 Å². The summed E-state index contributed by atoms with van der Waals surface area (Å²) in [7, 11) is 0. The Hall–Kier alpha value is -1.63. The lowest BCUT2D eigenvalue weighted by Gasteiger charge is -2.40. The van der Waals surface area contributed by atoms with E-state index in [-0.39, 0.29) is 30.1 Å². The molecule has 0 bridgehead atoms. The minimum absolute atomic E-state index is 0. The van der Waals surface area contributed by atoms with Crippen LogP contribution in [0.25, 0.3) is 0 Å². The lowest BCUT2D eigenvalue weighted by Crippen LogP contribution is -2.60. The fraction of sp³-hybridized carbons (Fsp3) is 0.556. The summed E-state index contributed by atoms with van der Waals surface area (Å²) in [6.07, 6.45) is 2.71. The quantitative estimate of drug-likeness (QED) is 0.853. The number of amides is 2. The van der Waals surface area contributed by atoms with Gasteiger partial charge in [0.05, 0.1) is 11.5 Å². The number of nitrogens with one attached hydrogen (secondary N) is 1. The number of carbonyl (C=O) groups excluding carboxylic acids is 2. The third-order valence-corrected chi connectivity index (χ3v) is 4.93. The maximum atomic E-state index is 12.8. The van der Waals surface area contributed by atoms with Crippen LogP contribution in [0.15, 0.2) is 30.3 Å². The Kier molecular flexibility index (Phi) is 6.81. The van der Waals surface area contributed by atoms with E-state index in [0.717, 1.165) is 18.5 Å². The molecule has 2 heterocycles. The van der Waals surface area contributed by atoms with E-state index in [1.165, 1.54) is 0 Å². The standard InChI is InChI=1S/C18H25N3O3.ClH/c19-18(8-11-24-12-9-18)17(23)21-10-4-5-14(13-21)16(22)20-15-6-2-1-3-7-15;/h1-3,6-7,14H,4-5,8-13,19H2,(H,20,22);1H. The van der Waals surface area contributed by atoms with E-state index >= 15 is 0 Å². The van der Waals surface area contributed by atoms with Crippen LogP contribution < -0.4 is 11.1 Å². The number of halogens is 1. The van der Waals surface area contributed by atoms with Crippen molar-refractivity contribution in [3.8, 4) is 0 Å². The molecule has 1 aromatic rings. The normalized spacial score (nSPS) is 22.6. The number of ether oxygens (including phenoxy) is 1. The number of hydrogen-bond acceptors (Lipinski definition) is 4. The van der Waals surface area contributed by atoms with Gasteiger partial charge in [-0.2, -0.15) is 0 Å². The molecule has 3 rings (SSSR count). The van der Waals surface area contributed by atoms with E-state index < -0.39 is 5.54 Å². The second-order valence-electron chi connectivity index (χ2n) is 6.71. The summed E-state index contributed by atoms with van der Waals surface area (Å²) >= 11 is 0. The number of carbonyl (C=O) groups is 2. The minimum Gasteiger partial charge on any atom is -0.381 e. The average Bonchev–Trinajstić information content (AvgIpc) is 2.62. The first-order chi connectivity index (χ1) is 11.6. The number of nitrogens with two attached hydrogens (primary N) is 1. The fourth-order valence-corrected chi connectivity index (χ4v) is 3.41. The molecule has 0 spiro atoms. The summed E-state index contributed by atoms with van der Waals surface area (Å²) in [5.74, 6) is -0.258. The lowest BCUT2D eigenvalue weighted by atomic mass is 9.87. The molecule has 0 radical (unpaired) electrons. The third-order valence-electron chi connectivity index (χ3n) is 4.93. The zero-order valence-electron chi connectivity index (χ0n) is 14.3. The Morgan fingerprint density at radius 2 is 1.88 bits per heavy atom. The first-order valence-electron chi connectivity index (χ1n) is 8.60. The summed E-state index contributed by atoms with van der Waals surface area (Å²) < 4.78 is 5.31. The average molecular weight is 368 g/mol. The Morgan fingerprint density at radius 1 is 1.20 bits per heavy atom. The molecule has 1 atom stereocenters. The van der Waals surface area contributed by atoms with Crippen LogP contribution in [-0.4, -0.2) is 48.6 Å². The number of para-hydroxylation sites is 1. The maximum Gasteiger partial charge on any atom is 0.242 e. The van der Waals surface area contributed by atoms with Crippen molar-refractivity contribution in [1.82, 2.24) is 4.90 Å². The largest absolute Gasteiger partial charge is 0.381 e. The van der Waals surface area contributed by atoms with Crippen molar-refractivity contribution in [1.29, 1.82) is 0 Å². The number of rotatable bonds is 3. The van der Waals surface area contributed by atoms with Crippen molar-refractivity contribution in [2.75, 3.05) is 31.6 Å². The molecule has 3 N–H and O–H groups in total. The highest BCUT2D eigenvalue weighted by Crippen LogP contribution is 2.25. The van der Waals surface area contributed by atoms with Crippen molar-refractivity contribution in [3.05, 3.63) is 30.3 Å². The van der Waals surface area contributed by atoms with Crippen molar-refractivity contribution >= 4 is 29.9 Å². The Bertz CT molecular complexity index is 590. The van der Waals surface area contributed by atoms with Gasteiger partial charge in [0, 0.05) is 32.0 Å². The summed E-state index contributed by atoms with van der Waals surface area (Å²) in [6.45, 7) is 2.16. The molecule has 7 heteroatoms. The van der Waals surface area contributed by atoms with Crippen LogP contribution in [0, 0.1) is 5.92 Å². The van der Waals surface area contributed by atoms with Gasteiger partial charge < -0.3 is 20.7 Å². The third kappa shape index (κ3) is 4.71. The van der Waals surface area contributed by atoms with E-state index in [2.05, 4.69) is 5.32 Å². The van der Waals surface area contributed by atoms with Gasteiger partial charge in [0.25, 0.3) is 0 Å². The number of hydrogen-bond donors (Lipinski definition) is 2. The molecule has 25 heavy (non-hydrogen) atoms. The first kappa shape index (κ1) is 19.7. The lowest BCUT2D eigenvalue weighted by molar-refractivity contribution is -0.143. The summed E-state index contributed by atoms with van der Waals surface area (Å²) in [6, 6.07) is 9.40. The van der Waals surface area contributed by atoms with Crippen LogP contribution in [0.4, 0.5) is 5.69 Å². The number of benzene rings is 1. The maximum absolute atomic E-state index is 12.8. The van der Waals surface area contributed by atoms with Crippen LogP contribution in [0.2, 0.25) is 0 Å². The van der Waals surface area contributed by atoms with Crippen molar-refractivity contribution in [3.63, 3.8) is 0 Å². The zero-order chi connectivity index (χ0) is 17.0. The molecule has 2 saturated heterocycles. The molecule has 2 amide bonds. The van der Waals surface area contributed by atoms with Crippen LogP contribution in [-0.2, 0) is 14.3 Å². The van der Waals surface area contributed by atoms with Gasteiger partial charge in [-0.25, -0.2) is 0 Å². The highest BCUT2D eigenvalue weighted by molar-refractivity contribution is 5.93. The Labute approximate surface area is 154 Å². The fourth-order valence-electron chi connectivity index (χ4n) is 3.41. The van der Waals surface area contributed by atoms with E-state index in [4.69, 9.17) is 10.5 Å². The molecule has 0 aliphatic carbocycles. The molecule has 1 aromatic carbocycles.